The van der Waals surface area contributed by atoms with Gasteiger partial charge in [-0.1, -0.05) is 0 Å². The van der Waals surface area contributed by atoms with Crippen molar-refractivity contribution in [2.45, 2.75) is 39.5 Å². The molecule has 6 heteroatoms. The molecule has 16 heavy (non-hydrogen) atoms. The zero-order chi connectivity index (χ0) is 11.2. The maximum absolute atomic E-state index is 10.9. The van der Waals surface area contributed by atoms with Crippen molar-refractivity contribution >= 4 is 5.97 Å². The van der Waals surface area contributed by atoms with Crippen molar-refractivity contribution in [1.82, 2.24) is 9.78 Å². The van der Waals surface area contributed by atoms with Gasteiger partial charge >= 0.3 is 57.4 Å². The van der Waals surface area contributed by atoms with Crippen LogP contribution in [0.5, 0.6) is 0 Å². The molecule has 0 unspecified atom stereocenters. The number of carboxylic acids is 1. The van der Waals surface area contributed by atoms with Crippen molar-refractivity contribution in [2.75, 3.05) is 0 Å². The Hall–Kier alpha value is 0.276. The number of hydrogen-bond acceptors (Lipinski definition) is 3. The number of aromatic nitrogens is 2. The predicted molar refractivity (Wildman–Crippen MR) is 53.9 cm³/mol. The molecule has 0 aromatic carbocycles. The zero-order valence-electron chi connectivity index (χ0n) is 11.1. The second kappa shape index (κ2) is 4.87. The average Bonchev–Trinajstić information content (AvgIpc) is 2.41. The molecule has 2 rings (SSSR count). The third kappa shape index (κ3) is 2.57. The molecule has 0 atom stereocenters. The van der Waals surface area contributed by atoms with Crippen molar-refractivity contribution in [1.29, 1.82) is 0 Å². The van der Waals surface area contributed by atoms with Gasteiger partial charge in [-0.05, 0) is 20.8 Å². The van der Waals surface area contributed by atoms with Gasteiger partial charge in [0.25, 0.3) is 0 Å². The van der Waals surface area contributed by atoms with Crippen LogP contribution in [0, 0.1) is 6.92 Å². The predicted octanol–water partition coefficient (Wildman–Crippen LogP) is -1.68. The van der Waals surface area contributed by atoms with Gasteiger partial charge in [-0.15, -0.1) is 0 Å². The first kappa shape index (κ1) is 14.3. The summed E-state index contributed by atoms with van der Waals surface area (Å²) < 4.78 is 7.35. The topological polar surface area (TPSA) is 64.3 Å². The molecule has 1 aromatic heterocycles. The number of ether oxygens (including phenoxy) is 1. The number of rotatable bonds is 1. The third-order valence-electron chi connectivity index (χ3n) is 2.65. The van der Waals surface area contributed by atoms with Crippen LogP contribution in [0.4, 0.5) is 0 Å². The molecule has 0 spiro atoms. The first-order valence-electron chi connectivity index (χ1n) is 4.84. The van der Waals surface area contributed by atoms with E-state index >= 15 is 0 Å². The summed E-state index contributed by atoms with van der Waals surface area (Å²) in [5, 5.41) is 13.0. The molecule has 0 fully saturated rings. The van der Waals surface area contributed by atoms with Crippen LogP contribution >= 0.6 is 0 Å². The fourth-order valence-electron chi connectivity index (χ4n) is 1.77. The quantitative estimate of drug-likeness (QED) is 0.604. The van der Waals surface area contributed by atoms with E-state index in [4.69, 9.17) is 9.84 Å². The Morgan fingerprint density at radius 3 is 2.81 bits per heavy atom. The minimum absolute atomic E-state index is 0. The van der Waals surface area contributed by atoms with Gasteiger partial charge in [-0.3, -0.25) is 4.68 Å². The molecule has 1 aliphatic rings. The van der Waals surface area contributed by atoms with Gasteiger partial charge in [0.15, 0.2) is 5.69 Å². The molecule has 0 aliphatic carbocycles. The van der Waals surface area contributed by atoms with Crippen LogP contribution in [-0.4, -0.2) is 26.5 Å². The molecule has 0 amide bonds. The average molecular weight is 250 g/mol. The van der Waals surface area contributed by atoms with Gasteiger partial charge < -0.3 is 11.3 Å². The van der Waals surface area contributed by atoms with Crippen molar-refractivity contribution < 1.29 is 67.4 Å². The smallest absolute Gasteiger partial charge is 1.00 e. The molecule has 1 aromatic rings. The summed E-state index contributed by atoms with van der Waals surface area (Å²) in [4.78, 5) is 10.9. The molecule has 0 bridgehead atoms. The molecule has 2 heterocycles. The fourth-order valence-corrected chi connectivity index (χ4v) is 1.77. The van der Waals surface area contributed by atoms with Gasteiger partial charge in [0.05, 0.1) is 24.4 Å². The van der Waals surface area contributed by atoms with Gasteiger partial charge in [-0.2, -0.15) is 5.10 Å². The Labute approximate surface area is 138 Å². The maximum atomic E-state index is 10.9. The summed E-state index contributed by atoms with van der Waals surface area (Å²) in [5.74, 6) is -0.979. The van der Waals surface area contributed by atoms with E-state index in [0.29, 0.717) is 18.7 Å². The largest absolute Gasteiger partial charge is 1.00 e. The first-order chi connectivity index (χ1) is 6.91. The minimum Gasteiger partial charge on any atom is -1.00 e. The SMILES string of the molecule is Cc1c(C(=O)O)nn2c1COC(C)(C)C2.[H-].[K+]. The van der Waals surface area contributed by atoms with Crippen LogP contribution in [-0.2, 0) is 17.9 Å². The first-order valence-corrected chi connectivity index (χ1v) is 4.84. The van der Waals surface area contributed by atoms with E-state index in [-0.39, 0.29) is 64.1 Å². The Kier molecular flexibility index (Phi) is 4.37. The normalized spacial score (nSPS) is 17.4. The van der Waals surface area contributed by atoms with E-state index in [1.54, 1.807) is 11.6 Å². The van der Waals surface area contributed by atoms with E-state index < -0.39 is 5.97 Å². The molecule has 5 nitrogen and oxygen atoms in total. The van der Waals surface area contributed by atoms with Crippen molar-refractivity contribution in [2.24, 2.45) is 0 Å². The van der Waals surface area contributed by atoms with E-state index in [0.717, 1.165) is 5.69 Å². The molecule has 1 N–H and O–H groups in total. The summed E-state index contributed by atoms with van der Waals surface area (Å²) in [7, 11) is 0. The van der Waals surface area contributed by atoms with Crippen LogP contribution in [0.25, 0.3) is 0 Å². The van der Waals surface area contributed by atoms with E-state index in [2.05, 4.69) is 5.10 Å². The van der Waals surface area contributed by atoms with Crippen LogP contribution in [0.1, 0.15) is 37.0 Å². The van der Waals surface area contributed by atoms with Crippen LogP contribution < -0.4 is 51.4 Å². The molecule has 0 saturated heterocycles. The summed E-state index contributed by atoms with van der Waals surface area (Å²) in [6, 6.07) is 0. The van der Waals surface area contributed by atoms with E-state index in [1.807, 2.05) is 13.8 Å². The Morgan fingerprint density at radius 2 is 2.25 bits per heavy atom. The van der Waals surface area contributed by atoms with Gasteiger partial charge in [-0.25, -0.2) is 4.79 Å². The summed E-state index contributed by atoms with van der Waals surface area (Å²) in [6.45, 7) is 6.72. The zero-order valence-corrected chi connectivity index (χ0v) is 13.2. The number of fused-ring (bicyclic) bond motifs is 1. The van der Waals surface area contributed by atoms with Crippen LogP contribution in [0.2, 0.25) is 0 Å². The number of carbonyl (C=O) groups is 1. The minimum atomic E-state index is -0.979. The van der Waals surface area contributed by atoms with Gasteiger partial charge in [0.1, 0.15) is 0 Å². The summed E-state index contributed by atoms with van der Waals surface area (Å²) in [6.07, 6.45) is 0. The van der Waals surface area contributed by atoms with Crippen molar-refractivity contribution in [3.63, 3.8) is 0 Å². The number of carboxylic acid groups (broad SMARTS) is 1. The van der Waals surface area contributed by atoms with Crippen LogP contribution in [0.3, 0.4) is 0 Å². The Balaban J connectivity index is 0.00000128. The monoisotopic (exact) mass is 250 g/mol. The van der Waals surface area contributed by atoms with E-state index in [1.165, 1.54) is 0 Å². The standard InChI is InChI=1S/C10H14N2O3.K.H/c1-6-7-4-15-10(2,3)5-12(7)11-8(6)9(13)14;;/h4-5H2,1-3H3,(H,13,14);;/q;+1;-1. The summed E-state index contributed by atoms with van der Waals surface area (Å²) in [5.41, 5.74) is 1.43. The molecule has 0 radical (unpaired) electrons. The van der Waals surface area contributed by atoms with E-state index in [9.17, 15) is 4.79 Å². The molecule has 1 aliphatic heterocycles. The molecular formula is C10H15KN2O3. The summed E-state index contributed by atoms with van der Waals surface area (Å²) >= 11 is 0. The molecular weight excluding hydrogens is 235 g/mol. The maximum Gasteiger partial charge on any atom is 1.00 e. The fraction of sp³-hybridized carbons (Fsp3) is 0.600. The number of nitrogens with zero attached hydrogens (tertiary/aromatic N) is 2. The Morgan fingerprint density at radius 1 is 1.62 bits per heavy atom. The van der Waals surface area contributed by atoms with Gasteiger partial charge in [0.2, 0.25) is 0 Å². The van der Waals surface area contributed by atoms with Crippen molar-refractivity contribution in [3.8, 4) is 0 Å². The number of hydrogen-bond donors (Lipinski definition) is 1. The Bertz CT molecular complexity index is 431. The number of aromatic carboxylic acids is 1. The second-order valence-corrected chi connectivity index (χ2v) is 4.43. The molecule has 84 valence electrons. The van der Waals surface area contributed by atoms with Crippen molar-refractivity contribution in [3.05, 3.63) is 17.0 Å². The van der Waals surface area contributed by atoms with Gasteiger partial charge in [0, 0.05) is 5.56 Å². The third-order valence-corrected chi connectivity index (χ3v) is 2.65. The molecule has 0 saturated carbocycles. The van der Waals surface area contributed by atoms with Crippen LogP contribution in [0.15, 0.2) is 0 Å². The second-order valence-electron chi connectivity index (χ2n) is 4.43.